The summed E-state index contributed by atoms with van der Waals surface area (Å²) in [6, 6.07) is 12.8. The van der Waals surface area contributed by atoms with Crippen molar-refractivity contribution in [3.05, 3.63) is 53.1 Å². The van der Waals surface area contributed by atoms with Gasteiger partial charge in [-0.3, -0.25) is 10.1 Å². The molecule has 1 heterocycles. The zero-order valence-corrected chi connectivity index (χ0v) is 14.3. The van der Waals surface area contributed by atoms with Gasteiger partial charge in [-0.05, 0) is 36.8 Å². The smallest absolute Gasteiger partial charge is 0.261 e. The molecule has 0 spiro atoms. The Labute approximate surface area is 145 Å². The first-order valence-corrected chi connectivity index (χ1v) is 8.12. The Morgan fingerprint density at radius 2 is 2.08 bits per heavy atom. The molecule has 0 fully saturated rings. The second kappa shape index (κ2) is 6.93. The maximum atomic E-state index is 12.7. The van der Waals surface area contributed by atoms with E-state index in [4.69, 9.17) is 16.3 Å². The number of hydrogen-bond acceptors (Lipinski definition) is 3. The van der Waals surface area contributed by atoms with Crippen molar-refractivity contribution < 1.29 is 9.53 Å². The molecule has 6 heteroatoms. The highest BCUT2D eigenvalue weighted by Crippen LogP contribution is 2.25. The summed E-state index contributed by atoms with van der Waals surface area (Å²) in [7, 11) is 1.52. The number of hydrogen-bond donors (Lipinski definition) is 1. The van der Waals surface area contributed by atoms with Gasteiger partial charge in [0.1, 0.15) is 5.75 Å². The van der Waals surface area contributed by atoms with Gasteiger partial charge in [0.15, 0.2) is 0 Å². The predicted octanol–water partition coefficient (Wildman–Crippen LogP) is 4.36. The van der Waals surface area contributed by atoms with Crippen molar-refractivity contribution in [2.24, 2.45) is 0 Å². The highest BCUT2D eigenvalue weighted by molar-refractivity contribution is 6.31. The summed E-state index contributed by atoms with van der Waals surface area (Å²) in [4.78, 5) is 17.2. The van der Waals surface area contributed by atoms with Crippen LogP contribution in [-0.2, 0) is 6.54 Å². The lowest BCUT2D eigenvalue weighted by molar-refractivity contribution is 0.102. The molecule has 2 aromatic carbocycles. The molecule has 124 valence electrons. The summed E-state index contributed by atoms with van der Waals surface area (Å²) in [5.41, 5.74) is 2.21. The number of fused-ring (bicyclic) bond motifs is 1. The molecule has 0 radical (unpaired) electrons. The molecule has 3 rings (SSSR count). The SMILES string of the molecule is CCCn1c(NC(=O)c2cc(Cl)ccc2OC)nc2ccccc21. The summed E-state index contributed by atoms with van der Waals surface area (Å²) in [5, 5.41) is 3.35. The number of imidazole rings is 1. The second-order valence-electron chi connectivity index (χ2n) is 5.37. The highest BCUT2D eigenvalue weighted by atomic mass is 35.5. The summed E-state index contributed by atoms with van der Waals surface area (Å²) in [6.45, 7) is 2.85. The zero-order chi connectivity index (χ0) is 17.1. The van der Waals surface area contributed by atoms with Crippen LogP contribution in [0.4, 0.5) is 5.95 Å². The minimum absolute atomic E-state index is 0.304. The van der Waals surface area contributed by atoms with Crippen molar-refractivity contribution in [1.82, 2.24) is 9.55 Å². The van der Waals surface area contributed by atoms with Gasteiger partial charge < -0.3 is 9.30 Å². The lowest BCUT2D eigenvalue weighted by atomic mass is 10.2. The van der Waals surface area contributed by atoms with E-state index in [0.717, 1.165) is 24.0 Å². The van der Waals surface area contributed by atoms with Crippen molar-refractivity contribution in [2.75, 3.05) is 12.4 Å². The molecule has 0 aliphatic carbocycles. The van der Waals surface area contributed by atoms with Crippen LogP contribution >= 0.6 is 11.6 Å². The topological polar surface area (TPSA) is 56.2 Å². The number of amides is 1. The summed E-state index contributed by atoms with van der Waals surface area (Å²) < 4.78 is 7.25. The summed E-state index contributed by atoms with van der Waals surface area (Å²) in [5.74, 6) is 0.683. The van der Waals surface area contributed by atoms with E-state index in [0.29, 0.717) is 22.3 Å². The number of halogens is 1. The summed E-state index contributed by atoms with van der Waals surface area (Å²) >= 11 is 6.01. The van der Waals surface area contributed by atoms with Gasteiger partial charge in [0.05, 0.1) is 23.7 Å². The molecule has 0 aliphatic rings. The molecular weight excluding hydrogens is 326 g/mol. The molecule has 1 aromatic heterocycles. The van der Waals surface area contributed by atoms with Crippen LogP contribution in [0.2, 0.25) is 5.02 Å². The average molecular weight is 344 g/mol. The number of anilines is 1. The van der Waals surface area contributed by atoms with E-state index in [-0.39, 0.29) is 5.91 Å². The number of aromatic nitrogens is 2. The number of nitrogens with one attached hydrogen (secondary N) is 1. The van der Waals surface area contributed by atoms with Gasteiger partial charge in [0.25, 0.3) is 5.91 Å². The monoisotopic (exact) mass is 343 g/mol. The molecule has 1 N–H and O–H groups in total. The van der Waals surface area contributed by atoms with E-state index in [1.165, 1.54) is 7.11 Å². The Morgan fingerprint density at radius 3 is 2.83 bits per heavy atom. The van der Waals surface area contributed by atoms with Crippen LogP contribution in [0, 0.1) is 0 Å². The van der Waals surface area contributed by atoms with Gasteiger partial charge in [0, 0.05) is 11.6 Å². The third-order valence-corrected chi connectivity index (χ3v) is 3.97. The fourth-order valence-electron chi connectivity index (χ4n) is 2.65. The van der Waals surface area contributed by atoms with Gasteiger partial charge in [-0.25, -0.2) is 4.98 Å². The van der Waals surface area contributed by atoms with Gasteiger partial charge in [-0.15, -0.1) is 0 Å². The third-order valence-electron chi connectivity index (χ3n) is 3.73. The minimum atomic E-state index is -0.304. The maximum absolute atomic E-state index is 12.7. The number of nitrogens with zero attached hydrogens (tertiary/aromatic N) is 2. The van der Waals surface area contributed by atoms with Gasteiger partial charge in [0.2, 0.25) is 5.95 Å². The Balaban J connectivity index is 1.99. The molecule has 0 saturated heterocycles. The molecule has 0 unspecified atom stereocenters. The first kappa shape index (κ1) is 16.3. The first-order valence-electron chi connectivity index (χ1n) is 7.74. The fraction of sp³-hybridized carbons (Fsp3) is 0.222. The predicted molar refractivity (Wildman–Crippen MR) is 96.0 cm³/mol. The van der Waals surface area contributed by atoms with E-state index >= 15 is 0 Å². The van der Waals surface area contributed by atoms with Gasteiger partial charge in [-0.2, -0.15) is 0 Å². The van der Waals surface area contributed by atoms with Crippen molar-refractivity contribution in [1.29, 1.82) is 0 Å². The maximum Gasteiger partial charge on any atom is 0.261 e. The quantitative estimate of drug-likeness (QED) is 0.748. The van der Waals surface area contributed by atoms with Crippen LogP contribution in [0.5, 0.6) is 5.75 Å². The zero-order valence-electron chi connectivity index (χ0n) is 13.5. The number of ether oxygens (including phenoxy) is 1. The number of aryl methyl sites for hydroxylation is 1. The number of para-hydroxylation sites is 2. The Morgan fingerprint density at radius 1 is 1.29 bits per heavy atom. The number of carbonyl (C=O) groups excluding carboxylic acids is 1. The van der Waals surface area contributed by atoms with E-state index in [2.05, 4.69) is 17.2 Å². The van der Waals surface area contributed by atoms with Gasteiger partial charge >= 0.3 is 0 Å². The van der Waals surface area contributed by atoms with Crippen LogP contribution < -0.4 is 10.1 Å². The number of methoxy groups -OCH3 is 1. The largest absolute Gasteiger partial charge is 0.496 e. The molecule has 24 heavy (non-hydrogen) atoms. The number of benzene rings is 2. The Hall–Kier alpha value is -2.53. The van der Waals surface area contributed by atoms with Crippen LogP contribution in [0.3, 0.4) is 0 Å². The minimum Gasteiger partial charge on any atom is -0.496 e. The van der Waals surface area contributed by atoms with E-state index in [1.54, 1.807) is 18.2 Å². The standard InChI is InChI=1S/C18H18ClN3O2/c1-3-10-22-15-7-5-4-6-14(15)20-18(22)21-17(23)13-11-12(19)8-9-16(13)24-2/h4-9,11H,3,10H2,1-2H3,(H,20,21,23). The molecule has 3 aromatic rings. The summed E-state index contributed by atoms with van der Waals surface area (Å²) in [6.07, 6.45) is 0.934. The van der Waals surface area contributed by atoms with Crippen molar-refractivity contribution >= 4 is 34.5 Å². The van der Waals surface area contributed by atoms with Crippen molar-refractivity contribution in [2.45, 2.75) is 19.9 Å². The van der Waals surface area contributed by atoms with Crippen molar-refractivity contribution in [3.63, 3.8) is 0 Å². The van der Waals surface area contributed by atoms with Crippen LogP contribution in [-0.4, -0.2) is 22.6 Å². The average Bonchev–Trinajstić information content (AvgIpc) is 2.93. The molecular formula is C18H18ClN3O2. The third kappa shape index (κ3) is 3.08. The molecule has 0 atom stereocenters. The lowest BCUT2D eigenvalue weighted by Crippen LogP contribution is -2.17. The molecule has 5 nitrogen and oxygen atoms in total. The van der Waals surface area contributed by atoms with Crippen LogP contribution in [0.1, 0.15) is 23.7 Å². The molecule has 0 aliphatic heterocycles. The van der Waals surface area contributed by atoms with Crippen LogP contribution in [0.15, 0.2) is 42.5 Å². The van der Waals surface area contributed by atoms with Crippen LogP contribution in [0.25, 0.3) is 11.0 Å². The molecule has 0 bridgehead atoms. The first-order chi connectivity index (χ1) is 11.6. The lowest BCUT2D eigenvalue weighted by Gasteiger charge is -2.11. The second-order valence-corrected chi connectivity index (χ2v) is 5.81. The van der Waals surface area contributed by atoms with E-state index < -0.39 is 0 Å². The molecule has 1 amide bonds. The molecule has 0 saturated carbocycles. The number of carbonyl (C=O) groups is 1. The van der Waals surface area contributed by atoms with E-state index in [1.807, 2.05) is 28.8 Å². The Kier molecular flexibility index (Phi) is 4.71. The number of rotatable bonds is 5. The fourth-order valence-corrected chi connectivity index (χ4v) is 2.82. The van der Waals surface area contributed by atoms with Gasteiger partial charge in [-0.1, -0.05) is 30.7 Å². The Bertz CT molecular complexity index is 889. The van der Waals surface area contributed by atoms with Crippen molar-refractivity contribution in [3.8, 4) is 5.75 Å². The normalized spacial score (nSPS) is 10.8. The highest BCUT2D eigenvalue weighted by Gasteiger charge is 2.17. The van der Waals surface area contributed by atoms with E-state index in [9.17, 15) is 4.79 Å².